The lowest BCUT2D eigenvalue weighted by molar-refractivity contribution is -0.133. The van der Waals surface area contributed by atoms with Crippen LogP contribution < -0.4 is 21.7 Å². The molecular formula is C39H44N4O5S. The molecule has 6 N–H and O–H groups in total. The van der Waals surface area contributed by atoms with Crippen LogP contribution in [0.15, 0.2) is 109 Å². The fourth-order valence-electron chi connectivity index (χ4n) is 5.38. The molecule has 0 aromatic heterocycles. The van der Waals surface area contributed by atoms with Crippen molar-refractivity contribution in [1.29, 1.82) is 0 Å². The molecular weight excluding hydrogens is 637 g/mol. The maximum atomic E-state index is 13.9. The third-order valence-corrected chi connectivity index (χ3v) is 9.20. The van der Waals surface area contributed by atoms with Crippen molar-refractivity contribution in [3.63, 3.8) is 0 Å². The second kappa shape index (κ2) is 18.0. The quantitative estimate of drug-likeness (QED) is 0.0937. The van der Waals surface area contributed by atoms with Crippen molar-refractivity contribution in [2.45, 2.75) is 63.0 Å². The summed E-state index contributed by atoms with van der Waals surface area (Å²) in [6.07, 6.45) is 1.07. The Hall–Kier alpha value is -4.93. The second-order valence-electron chi connectivity index (χ2n) is 12.2. The van der Waals surface area contributed by atoms with E-state index >= 15 is 0 Å². The molecule has 4 aromatic rings. The average molecular weight is 681 g/mol. The monoisotopic (exact) mass is 680 g/mol. The van der Waals surface area contributed by atoms with Crippen LogP contribution in [0.2, 0.25) is 0 Å². The van der Waals surface area contributed by atoms with Gasteiger partial charge < -0.3 is 26.8 Å². The van der Waals surface area contributed by atoms with Gasteiger partial charge >= 0.3 is 5.97 Å². The molecule has 0 aliphatic heterocycles. The molecule has 0 saturated heterocycles. The number of carbonyl (C=O) groups excluding carboxylic acids is 3. The van der Waals surface area contributed by atoms with Crippen molar-refractivity contribution in [1.82, 2.24) is 16.0 Å². The molecule has 0 saturated carbocycles. The fraction of sp³-hybridized carbons (Fsp3) is 0.282. The van der Waals surface area contributed by atoms with Crippen LogP contribution in [0.25, 0.3) is 11.1 Å². The van der Waals surface area contributed by atoms with E-state index in [-0.39, 0.29) is 30.2 Å². The summed E-state index contributed by atoms with van der Waals surface area (Å²) in [5.74, 6) is -2.57. The largest absolute Gasteiger partial charge is 0.478 e. The molecule has 0 bridgehead atoms. The Morgan fingerprint density at radius 3 is 1.84 bits per heavy atom. The number of aromatic carboxylic acids is 1. The van der Waals surface area contributed by atoms with E-state index in [0.29, 0.717) is 13.0 Å². The number of thiol groups is 1. The van der Waals surface area contributed by atoms with Gasteiger partial charge in [0.15, 0.2) is 0 Å². The Morgan fingerprint density at radius 1 is 0.694 bits per heavy atom. The number of hydrogen-bond acceptors (Lipinski definition) is 6. The molecule has 0 aliphatic carbocycles. The number of carboxylic acid groups (broad SMARTS) is 1. The van der Waals surface area contributed by atoms with Gasteiger partial charge in [0.2, 0.25) is 17.7 Å². The van der Waals surface area contributed by atoms with Crippen molar-refractivity contribution in [2.75, 3.05) is 0 Å². The van der Waals surface area contributed by atoms with Crippen LogP contribution >= 0.6 is 12.6 Å². The zero-order valence-electron chi connectivity index (χ0n) is 27.7. The topological polar surface area (TPSA) is 151 Å². The van der Waals surface area contributed by atoms with E-state index in [0.717, 1.165) is 27.8 Å². The molecule has 4 aromatic carbocycles. The third kappa shape index (κ3) is 10.8. The number of benzene rings is 4. The van der Waals surface area contributed by atoms with Gasteiger partial charge in [-0.05, 0) is 52.3 Å². The number of hydrogen-bond donors (Lipinski definition) is 6. The van der Waals surface area contributed by atoms with Gasteiger partial charge in [0.1, 0.15) is 12.1 Å². The third-order valence-electron chi connectivity index (χ3n) is 8.58. The van der Waals surface area contributed by atoms with Crippen LogP contribution in [0.5, 0.6) is 0 Å². The van der Waals surface area contributed by atoms with Gasteiger partial charge in [-0.15, -0.1) is 0 Å². The molecule has 9 nitrogen and oxygen atoms in total. The first kappa shape index (κ1) is 36.9. The van der Waals surface area contributed by atoms with Crippen molar-refractivity contribution in [3.8, 4) is 11.1 Å². The van der Waals surface area contributed by atoms with Gasteiger partial charge in [0, 0.05) is 19.0 Å². The lowest BCUT2D eigenvalue weighted by Gasteiger charge is -2.28. The highest BCUT2D eigenvalue weighted by Gasteiger charge is 2.32. The van der Waals surface area contributed by atoms with Gasteiger partial charge in [0.05, 0.1) is 10.8 Å². The Balaban J connectivity index is 1.51. The van der Waals surface area contributed by atoms with Crippen LogP contribution in [0.4, 0.5) is 0 Å². The standard InChI is InChI=1S/C39H44N4O5S/c1-3-25(2)34(37(45)41-24-28-10-6-4-7-11-28)43-36(44)33(23-27-14-18-30(19-15-27)29-12-8-5-9-13-29)42-38(46)35(49)32(40)22-26-16-20-31(21-17-26)39(47)48/h4-21,25,32-35,49H,3,22-24,40H2,1-2H3,(H,41,45)(H,42,46)(H,43,44)(H,47,48)/t25?,32-,33?,34?,35-/m0/s1. The van der Waals surface area contributed by atoms with E-state index in [4.69, 9.17) is 5.73 Å². The minimum Gasteiger partial charge on any atom is -0.478 e. The summed E-state index contributed by atoms with van der Waals surface area (Å²) >= 11 is 4.51. The SMILES string of the molecule is CCC(C)C(NC(=O)C(Cc1ccc(-c2ccccc2)cc1)NC(=O)[C@@H](S)[C@@H](N)Cc1ccc(C(=O)O)cc1)C(=O)NCc1ccccc1. The number of carbonyl (C=O) groups is 4. The molecule has 10 heteroatoms. The number of carboxylic acids is 1. The maximum absolute atomic E-state index is 13.9. The van der Waals surface area contributed by atoms with Crippen molar-refractivity contribution in [2.24, 2.45) is 11.7 Å². The zero-order chi connectivity index (χ0) is 35.3. The summed E-state index contributed by atoms with van der Waals surface area (Å²) in [5, 5.41) is 16.9. The van der Waals surface area contributed by atoms with E-state index < -0.39 is 41.2 Å². The van der Waals surface area contributed by atoms with Gasteiger partial charge in [-0.3, -0.25) is 14.4 Å². The lowest BCUT2D eigenvalue weighted by Crippen LogP contribution is -2.57. The van der Waals surface area contributed by atoms with Crippen molar-refractivity contribution in [3.05, 3.63) is 131 Å². The molecule has 0 fully saturated rings. The Kier molecular flexibility index (Phi) is 13.6. The highest BCUT2D eigenvalue weighted by atomic mass is 32.1. The first-order chi connectivity index (χ1) is 23.5. The fourth-order valence-corrected chi connectivity index (χ4v) is 5.56. The van der Waals surface area contributed by atoms with Crippen molar-refractivity contribution >= 4 is 36.3 Å². The van der Waals surface area contributed by atoms with Crippen LogP contribution in [-0.2, 0) is 33.8 Å². The predicted octanol–water partition coefficient (Wildman–Crippen LogP) is 4.79. The summed E-state index contributed by atoms with van der Waals surface area (Å²) in [6, 6.07) is 30.8. The number of nitrogens with two attached hydrogens (primary N) is 1. The van der Waals surface area contributed by atoms with Gasteiger partial charge in [-0.1, -0.05) is 117 Å². The molecule has 3 unspecified atom stereocenters. The average Bonchev–Trinajstić information content (AvgIpc) is 3.13. The molecule has 5 atom stereocenters. The highest BCUT2D eigenvalue weighted by Crippen LogP contribution is 2.20. The predicted molar refractivity (Wildman–Crippen MR) is 195 cm³/mol. The molecule has 0 aliphatic rings. The van der Waals surface area contributed by atoms with Crippen LogP contribution in [-0.4, -0.2) is 52.2 Å². The zero-order valence-corrected chi connectivity index (χ0v) is 28.6. The molecule has 4 rings (SSSR count). The number of amides is 3. The van der Waals surface area contributed by atoms with Crippen molar-refractivity contribution < 1.29 is 24.3 Å². The number of nitrogens with one attached hydrogen (secondary N) is 3. The van der Waals surface area contributed by atoms with Gasteiger partial charge in [-0.25, -0.2) is 4.79 Å². The van der Waals surface area contributed by atoms with Crippen LogP contribution in [0.1, 0.15) is 47.3 Å². The second-order valence-corrected chi connectivity index (χ2v) is 12.8. The number of rotatable bonds is 16. The van der Waals surface area contributed by atoms with Gasteiger partial charge in [-0.2, -0.15) is 12.6 Å². The first-order valence-corrected chi connectivity index (χ1v) is 16.9. The van der Waals surface area contributed by atoms with E-state index in [2.05, 4.69) is 28.6 Å². The minimum absolute atomic E-state index is 0.146. The molecule has 0 radical (unpaired) electrons. The van der Waals surface area contributed by atoms with E-state index in [9.17, 15) is 24.3 Å². The Morgan fingerprint density at radius 2 is 1.24 bits per heavy atom. The van der Waals surface area contributed by atoms with Crippen LogP contribution in [0, 0.1) is 5.92 Å². The normalized spacial score (nSPS) is 14.0. The molecule has 3 amide bonds. The molecule has 0 spiro atoms. The highest BCUT2D eigenvalue weighted by molar-refractivity contribution is 7.81. The summed E-state index contributed by atoms with van der Waals surface area (Å²) in [4.78, 5) is 52.1. The maximum Gasteiger partial charge on any atom is 0.335 e. The first-order valence-electron chi connectivity index (χ1n) is 16.4. The lowest BCUT2D eigenvalue weighted by atomic mass is 9.96. The summed E-state index contributed by atoms with van der Waals surface area (Å²) in [7, 11) is 0. The Bertz CT molecular complexity index is 1680. The summed E-state index contributed by atoms with van der Waals surface area (Å²) in [6.45, 7) is 4.16. The smallest absolute Gasteiger partial charge is 0.335 e. The van der Waals surface area contributed by atoms with E-state index in [1.54, 1.807) is 12.1 Å². The summed E-state index contributed by atoms with van der Waals surface area (Å²) < 4.78 is 0. The van der Waals surface area contributed by atoms with Gasteiger partial charge in [0.25, 0.3) is 0 Å². The van der Waals surface area contributed by atoms with E-state index in [1.165, 1.54) is 12.1 Å². The Labute approximate surface area is 293 Å². The molecule has 256 valence electrons. The van der Waals surface area contributed by atoms with E-state index in [1.807, 2.05) is 98.8 Å². The minimum atomic E-state index is -1.04. The van der Waals surface area contributed by atoms with Crippen LogP contribution in [0.3, 0.4) is 0 Å². The molecule has 0 heterocycles. The molecule has 49 heavy (non-hydrogen) atoms. The summed E-state index contributed by atoms with van der Waals surface area (Å²) in [5.41, 5.74) is 11.1.